The Balaban J connectivity index is 1.71. The van der Waals surface area contributed by atoms with Crippen molar-refractivity contribution in [2.24, 2.45) is 11.8 Å². The van der Waals surface area contributed by atoms with Crippen LogP contribution >= 0.6 is 11.6 Å². The predicted octanol–water partition coefficient (Wildman–Crippen LogP) is 1.93. The molecule has 0 radical (unpaired) electrons. The number of imide groups is 1. The highest BCUT2D eigenvalue weighted by Crippen LogP contribution is 2.57. The van der Waals surface area contributed by atoms with E-state index in [0.29, 0.717) is 23.8 Å². The zero-order valence-corrected chi connectivity index (χ0v) is 18.6. The number of hydrogen-bond acceptors (Lipinski definition) is 6. The molecule has 3 saturated heterocycles. The van der Waals surface area contributed by atoms with Crippen LogP contribution in [0.25, 0.3) is 0 Å². The fourth-order valence-electron chi connectivity index (χ4n) is 5.68. The number of nitrogens with one attached hydrogen (secondary N) is 1. The maximum Gasteiger partial charge on any atom is 0.307 e. The summed E-state index contributed by atoms with van der Waals surface area (Å²) in [5, 5.41) is 3.20. The van der Waals surface area contributed by atoms with Crippen LogP contribution in [0.3, 0.4) is 0 Å². The van der Waals surface area contributed by atoms with Crippen molar-refractivity contribution < 1.29 is 23.9 Å². The summed E-state index contributed by atoms with van der Waals surface area (Å²) >= 11 is 6.13. The van der Waals surface area contributed by atoms with Crippen molar-refractivity contribution >= 4 is 41.0 Å². The number of halogens is 1. The molecule has 4 atom stereocenters. The van der Waals surface area contributed by atoms with E-state index < -0.39 is 47.1 Å². The number of benzene rings is 2. The predicted molar refractivity (Wildman–Crippen MR) is 119 cm³/mol. The molecule has 33 heavy (non-hydrogen) atoms. The number of methoxy groups -OCH3 is 1. The lowest BCUT2D eigenvalue weighted by Gasteiger charge is -2.45. The molecule has 3 aliphatic heterocycles. The third kappa shape index (κ3) is 3.08. The van der Waals surface area contributed by atoms with Gasteiger partial charge in [0.2, 0.25) is 17.7 Å². The zero-order valence-electron chi connectivity index (χ0n) is 17.9. The molecule has 9 heteroatoms. The van der Waals surface area contributed by atoms with Gasteiger partial charge in [-0.05, 0) is 23.8 Å². The van der Waals surface area contributed by atoms with Gasteiger partial charge in [0.25, 0.3) is 0 Å². The second kappa shape index (κ2) is 7.97. The van der Waals surface area contributed by atoms with Gasteiger partial charge in [0, 0.05) is 24.2 Å². The summed E-state index contributed by atoms with van der Waals surface area (Å²) in [5.41, 5.74) is -0.380. The van der Waals surface area contributed by atoms with Gasteiger partial charge in [0.05, 0.1) is 31.1 Å². The molecule has 0 spiro atoms. The first-order valence-electron chi connectivity index (χ1n) is 10.7. The van der Waals surface area contributed by atoms with Gasteiger partial charge in [0.1, 0.15) is 5.54 Å². The van der Waals surface area contributed by atoms with Gasteiger partial charge in [-0.15, -0.1) is 0 Å². The minimum Gasteiger partial charge on any atom is -0.469 e. The van der Waals surface area contributed by atoms with Gasteiger partial charge in [-0.2, -0.15) is 0 Å². The van der Waals surface area contributed by atoms with Crippen LogP contribution in [0, 0.1) is 11.8 Å². The standard InChI is InChI=1S/C24H22ClN3O5/c1-33-17(29)13-24-19-18(21(30)28(22(19)31)16-9-5-8-15(25)12-16)20(14-6-3-2-4-7-14)27(24)11-10-26-23(24)32/h2-9,12,18-20H,10-11,13H2,1H3,(H,26,32)/t18-,19+,20-,24+/m1/s1. The Morgan fingerprint density at radius 1 is 1.12 bits per heavy atom. The molecule has 170 valence electrons. The van der Waals surface area contributed by atoms with Crippen molar-refractivity contribution in [3.8, 4) is 0 Å². The number of esters is 1. The molecule has 2 aromatic rings. The lowest BCUT2D eigenvalue weighted by Crippen LogP contribution is -2.67. The van der Waals surface area contributed by atoms with Crippen molar-refractivity contribution in [1.82, 2.24) is 10.2 Å². The van der Waals surface area contributed by atoms with Gasteiger partial charge in [0.15, 0.2) is 0 Å². The number of carbonyl (C=O) groups is 4. The molecular weight excluding hydrogens is 446 g/mol. The van der Waals surface area contributed by atoms with Crippen LogP contribution in [0.1, 0.15) is 18.0 Å². The number of carbonyl (C=O) groups excluding carboxylic acids is 4. The summed E-state index contributed by atoms with van der Waals surface area (Å²) in [4.78, 5) is 56.6. The summed E-state index contributed by atoms with van der Waals surface area (Å²) < 4.78 is 4.91. The van der Waals surface area contributed by atoms with Crippen molar-refractivity contribution in [2.75, 3.05) is 25.1 Å². The van der Waals surface area contributed by atoms with Crippen LogP contribution in [-0.2, 0) is 23.9 Å². The zero-order chi connectivity index (χ0) is 23.3. The lowest BCUT2D eigenvalue weighted by molar-refractivity contribution is -0.154. The van der Waals surface area contributed by atoms with Crippen molar-refractivity contribution in [1.29, 1.82) is 0 Å². The van der Waals surface area contributed by atoms with E-state index in [-0.39, 0.29) is 6.42 Å². The third-order valence-corrected chi connectivity index (χ3v) is 7.17. The van der Waals surface area contributed by atoms with Gasteiger partial charge < -0.3 is 10.1 Å². The molecule has 0 aromatic heterocycles. The molecule has 3 amide bonds. The number of piperazine rings is 1. The Hall–Kier alpha value is -3.23. The molecule has 0 bridgehead atoms. The quantitative estimate of drug-likeness (QED) is 0.545. The Morgan fingerprint density at radius 3 is 2.58 bits per heavy atom. The van der Waals surface area contributed by atoms with E-state index in [1.807, 2.05) is 35.2 Å². The second-order valence-electron chi connectivity index (χ2n) is 8.48. The fourth-order valence-corrected chi connectivity index (χ4v) is 5.86. The number of rotatable bonds is 4. The van der Waals surface area contributed by atoms with Gasteiger partial charge in [-0.1, -0.05) is 48.0 Å². The van der Waals surface area contributed by atoms with E-state index in [1.54, 1.807) is 24.3 Å². The van der Waals surface area contributed by atoms with E-state index in [9.17, 15) is 19.2 Å². The monoisotopic (exact) mass is 467 g/mol. The van der Waals surface area contributed by atoms with Crippen LogP contribution in [0.4, 0.5) is 5.69 Å². The average Bonchev–Trinajstić information content (AvgIpc) is 3.25. The highest BCUT2D eigenvalue weighted by molar-refractivity contribution is 6.31. The second-order valence-corrected chi connectivity index (χ2v) is 8.91. The number of nitrogens with zero attached hydrogens (tertiary/aromatic N) is 2. The summed E-state index contributed by atoms with van der Waals surface area (Å²) in [6.45, 7) is 0.748. The molecular formula is C24H22ClN3O5. The van der Waals surface area contributed by atoms with Gasteiger partial charge >= 0.3 is 5.97 Å². The highest BCUT2D eigenvalue weighted by atomic mass is 35.5. The molecule has 3 fully saturated rings. The van der Waals surface area contributed by atoms with Crippen molar-refractivity contribution in [3.05, 3.63) is 65.2 Å². The third-order valence-electron chi connectivity index (χ3n) is 6.93. The first-order valence-corrected chi connectivity index (χ1v) is 11.1. The Labute approximate surface area is 195 Å². The van der Waals surface area contributed by atoms with Gasteiger partial charge in [-0.25, -0.2) is 4.90 Å². The SMILES string of the molecule is COC(=O)C[C@]12C(=O)NCCN1[C@H](c1ccccc1)[C@@H]1C(=O)N(c3cccc(Cl)c3)C(=O)[C@H]12. The molecule has 5 rings (SSSR count). The van der Waals surface area contributed by atoms with E-state index in [4.69, 9.17) is 16.3 Å². The van der Waals surface area contributed by atoms with Crippen LogP contribution in [-0.4, -0.2) is 54.3 Å². The number of fused-ring (bicyclic) bond motifs is 3. The van der Waals surface area contributed by atoms with E-state index in [0.717, 1.165) is 10.5 Å². The molecule has 0 unspecified atom stereocenters. The first kappa shape index (κ1) is 21.6. The van der Waals surface area contributed by atoms with Crippen LogP contribution in [0.5, 0.6) is 0 Å². The maximum absolute atomic E-state index is 13.9. The van der Waals surface area contributed by atoms with E-state index >= 15 is 0 Å². The van der Waals surface area contributed by atoms with Crippen molar-refractivity contribution in [3.63, 3.8) is 0 Å². The van der Waals surface area contributed by atoms with Crippen LogP contribution in [0.2, 0.25) is 5.02 Å². The first-order chi connectivity index (χ1) is 15.9. The molecule has 0 aliphatic carbocycles. The summed E-state index contributed by atoms with van der Waals surface area (Å²) in [6.07, 6.45) is -0.331. The minimum absolute atomic E-state index is 0.331. The van der Waals surface area contributed by atoms with E-state index in [2.05, 4.69) is 5.32 Å². The fraction of sp³-hybridized carbons (Fsp3) is 0.333. The normalized spacial score (nSPS) is 29.0. The minimum atomic E-state index is -1.53. The Bertz CT molecular complexity index is 1160. The number of ether oxygens (including phenoxy) is 1. The molecule has 0 saturated carbocycles. The lowest BCUT2D eigenvalue weighted by atomic mass is 9.76. The smallest absolute Gasteiger partial charge is 0.307 e. The average molecular weight is 468 g/mol. The molecule has 3 heterocycles. The summed E-state index contributed by atoms with van der Waals surface area (Å²) in [7, 11) is 1.24. The number of amides is 3. The topological polar surface area (TPSA) is 96.0 Å². The van der Waals surface area contributed by atoms with Gasteiger partial charge in [-0.3, -0.25) is 24.1 Å². The largest absolute Gasteiger partial charge is 0.469 e. The Morgan fingerprint density at radius 2 is 1.88 bits per heavy atom. The molecule has 2 aromatic carbocycles. The summed E-state index contributed by atoms with van der Waals surface area (Å²) in [6, 6.07) is 15.3. The van der Waals surface area contributed by atoms with Crippen LogP contribution < -0.4 is 10.2 Å². The number of hydrogen-bond donors (Lipinski definition) is 1. The number of anilines is 1. The summed E-state index contributed by atoms with van der Waals surface area (Å²) in [5.74, 6) is -3.88. The molecule has 3 aliphatic rings. The Kier molecular flexibility index (Phi) is 5.22. The van der Waals surface area contributed by atoms with Crippen LogP contribution in [0.15, 0.2) is 54.6 Å². The van der Waals surface area contributed by atoms with Crippen molar-refractivity contribution in [2.45, 2.75) is 18.0 Å². The molecule has 1 N–H and O–H groups in total. The highest BCUT2D eigenvalue weighted by Gasteiger charge is 2.73. The maximum atomic E-state index is 13.9. The van der Waals surface area contributed by atoms with E-state index in [1.165, 1.54) is 7.11 Å². The molecule has 8 nitrogen and oxygen atoms in total.